The Morgan fingerprint density at radius 2 is 1.89 bits per heavy atom. The van der Waals surface area contributed by atoms with Gasteiger partial charge in [0.05, 0.1) is 5.52 Å². The summed E-state index contributed by atoms with van der Waals surface area (Å²) >= 11 is 3.58. The smallest absolute Gasteiger partial charge is 0.133 e. The van der Waals surface area contributed by atoms with E-state index in [1.165, 1.54) is 10.9 Å². The number of para-hydroxylation sites is 1. The van der Waals surface area contributed by atoms with Gasteiger partial charge in [-0.15, -0.1) is 0 Å². The van der Waals surface area contributed by atoms with Gasteiger partial charge in [0.25, 0.3) is 0 Å². The highest BCUT2D eigenvalue weighted by molar-refractivity contribution is 9.08. The van der Waals surface area contributed by atoms with Gasteiger partial charge in [-0.25, -0.2) is 4.98 Å². The van der Waals surface area contributed by atoms with Crippen molar-refractivity contribution in [3.63, 3.8) is 0 Å². The molecule has 0 aliphatic rings. The highest BCUT2D eigenvalue weighted by atomic mass is 79.9. The van der Waals surface area contributed by atoms with Crippen LogP contribution >= 0.6 is 15.9 Å². The zero-order valence-corrected chi connectivity index (χ0v) is 13.7. The number of rotatable bonds is 3. The normalized spacial score (nSPS) is 11.8. The summed E-state index contributed by atoms with van der Waals surface area (Å²) in [5.41, 5.74) is 2.56. The second kappa shape index (κ2) is 5.49. The third-order valence-electron chi connectivity index (χ3n) is 3.00. The second-order valence-electron chi connectivity index (χ2n) is 6.21. The van der Waals surface area contributed by atoms with Crippen LogP contribution < -0.4 is 4.90 Å². The van der Waals surface area contributed by atoms with Gasteiger partial charge >= 0.3 is 0 Å². The van der Waals surface area contributed by atoms with Crippen molar-refractivity contribution in [1.82, 2.24) is 4.98 Å². The van der Waals surface area contributed by atoms with Crippen molar-refractivity contribution < 1.29 is 0 Å². The van der Waals surface area contributed by atoms with Crippen molar-refractivity contribution >= 4 is 32.7 Å². The summed E-state index contributed by atoms with van der Waals surface area (Å²) in [6, 6.07) is 10.5. The van der Waals surface area contributed by atoms with Crippen LogP contribution in [0.5, 0.6) is 0 Å². The number of benzene rings is 1. The Hall–Kier alpha value is -1.09. The molecule has 0 saturated heterocycles. The number of hydrogen-bond donors (Lipinski definition) is 0. The summed E-state index contributed by atoms with van der Waals surface area (Å²) in [6.45, 7) is 7.73. The zero-order valence-electron chi connectivity index (χ0n) is 12.1. The van der Waals surface area contributed by atoms with Gasteiger partial charge in [-0.2, -0.15) is 0 Å². The highest BCUT2D eigenvalue weighted by Crippen LogP contribution is 2.27. The molecule has 0 spiro atoms. The van der Waals surface area contributed by atoms with Gasteiger partial charge in [0.15, 0.2) is 0 Å². The first-order valence-corrected chi connectivity index (χ1v) is 7.68. The minimum Gasteiger partial charge on any atom is -0.359 e. The zero-order chi connectivity index (χ0) is 14.0. The van der Waals surface area contributed by atoms with Crippen molar-refractivity contribution in [2.24, 2.45) is 5.41 Å². The number of aromatic nitrogens is 1. The van der Waals surface area contributed by atoms with E-state index in [0.717, 1.165) is 23.2 Å². The van der Waals surface area contributed by atoms with Crippen molar-refractivity contribution in [2.45, 2.75) is 26.1 Å². The quantitative estimate of drug-likeness (QED) is 0.767. The van der Waals surface area contributed by atoms with Crippen LogP contribution in [-0.4, -0.2) is 18.6 Å². The fourth-order valence-corrected chi connectivity index (χ4v) is 2.78. The third-order valence-corrected chi connectivity index (χ3v) is 3.60. The standard InChI is InChI=1S/C16H21BrN2/c1-16(2,3)11-19(4)15-13(10-17)9-12-7-5-6-8-14(12)18-15/h5-9H,10-11H2,1-4H3. The molecule has 2 rings (SSSR count). The topological polar surface area (TPSA) is 16.1 Å². The van der Waals surface area contributed by atoms with E-state index in [2.05, 4.69) is 72.9 Å². The summed E-state index contributed by atoms with van der Waals surface area (Å²) in [5, 5.41) is 2.03. The van der Waals surface area contributed by atoms with E-state index in [1.54, 1.807) is 0 Å². The molecule has 0 saturated carbocycles. The Labute approximate surface area is 124 Å². The van der Waals surface area contributed by atoms with E-state index in [9.17, 15) is 0 Å². The molecule has 1 aromatic heterocycles. The summed E-state index contributed by atoms with van der Waals surface area (Å²) in [6.07, 6.45) is 0. The average Bonchev–Trinajstić information content (AvgIpc) is 2.35. The molecule has 1 aromatic carbocycles. The van der Waals surface area contributed by atoms with E-state index in [-0.39, 0.29) is 5.41 Å². The Bertz CT molecular complexity index is 572. The molecular formula is C16H21BrN2. The maximum atomic E-state index is 4.83. The van der Waals surface area contributed by atoms with Crippen LogP contribution in [0.4, 0.5) is 5.82 Å². The van der Waals surface area contributed by atoms with E-state index in [1.807, 2.05) is 6.07 Å². The fourth-order valence-electron chi connectivity index (χ4n) is 2.36. The number of pyridine rings is 1. The predicted molar refractivity (Wildman–Crippen MR) is 87.1 cm³/mol. The molecule has 0 N–H and O–H groups in total. The van der Waals surface area contributed by atoms with Crippen molar-refractivity contribution in [2.75, 3.05) is 18.5 Å². The lowest BCUT2D eigenvalue weighted by Gasteiger charge is -2.29. The van der Waals surface area contributed by atoms with Crippen LogP contribution in [0.2, 0.25) is 0 Å². The van der Waals surface area contributed by atoms with Crippen LogP contribution in [-0.2, 0) is 5.33 Å². The van der Waals surface area contributed by atoms with Crippen LogP contribution in [0.25, 0.3) is 10.9 Å². The molecule has 0 aliphatic carbocycles. The Morgan fingerprint density at radius 3 is 2.53 bits per heavy atom. The number of anilines is 1. The van der Waals surface area contributed by atoms with Gasteiger partial charge in [0.2, 0.25) is 0 Å². The second-order valence-corrected chi connectivity index (χ2v) is 6.77. The predicted octanol–water partition coefficient (Wildman–Crippen LogP) is 4.61. The molecule has 0 aliphatic heterocycles. The van der Waals surface area contributed by atoms with E-state index >= 15 is 0 Å². The molecular weight excluding hydrogens is 300 g/mol. The Kier molecular flexibility index (Phi) is 4.14. The van der Waals surface area contributed by atoms with Crippen LogP contribution in [0.1, 0.15) is 26.3 Å². The van der Waals surface area contributed by atoms with Gasteiger partial charge in [0.1, 0.15) is 5.82 Å². The first kappa shape index (κ1) is 14.3. The molecule has 2 nitrogen and oxygen atoms in total. The molecule has 0 radical (unpaired) electrons. The Balaban J connectivity index is 2.46. The summed E-state index contributed by atoms with van der Waals surface area (Å²) in [4.78, 5) is 7.08. The lowest BCUT2D eigenvalue weighted by Crippen LogP contribution is -2.30. The molecule has 2 aromatic rings. The summed E-state index contributed by atoms with van der Waals surface area (Å²) in [5.74, 6) is 1.07. The lowest BCUT2D eigenvalue weighted by atomic mass is 9.96. The number of nitrogens with zero attached hydrogens (tertiary/aromatic N) is 2. The van der Waals surface area contributed by atoms with Gasteiger partial charge in [0, 0.05) is 29.9 Å². The molecule has 19 heavy (non-hydrogen) atoms. The van der Waals surface area contributed by atoms with Gasteiger partial charge in [-0.1, -0.05) is 54.9 Å². The molecule has 0 amide bonds. The molecule has 3 heteroatoms. The lowest BCUT2D eigenvalue weighted by molar-refractivity contribution is 0.417. The highest BCUT2D eigenvalue weighted by Gasteiger charge is 2.17. The largest absolute Gasteiger partial charge is 0.359 e. The average molecular weight is 321 g/mol. The molecule has 0 fully saturated rings. The number of hydrogen-bond acceptors (Lipinski definition) is 2. The number of fused-ring (bicyclic) bond motifs is 1. The summed E-state index contributed by atoms with van der Waals surface area (Å²) < 4.78 is 0. The van der Waals surface area contributed by atoms with Gasteiger partial charge in [-0.05, 0) is 17.5 Å². The maximum Gasteiger partial charge on any atom is 0.133 e. The molecule has 0 unspecified atom stereocenters. The molecule has 1 heterocycles. The maximum absolute atomic E-state index is 4.83. The van der Waals surface area contributed by atoms with E-state index < -0.39 is 0 Å². The molecule has 0 atom stereocenters. The van der Waals surface area contributed by atoms with E-state index in [4.69, 9.17) is 4.98 Å². The monoisotopic (exact) mass is 320 g/mol. The van der Waals surface area contributed by atoms with Crippen molar-refractivity contribution in [1.29, 1.82) is 0 Å². The molecule has 0 bridgehead atoms. The van der Waals surface area contributed by atoms with Gasteiger partial charge < -0.3 is 4.90 Å². The minimum absolute atomic E-state index is 0.256. The third kappa shape index (κ3) is 3.47. The number of halogens is 1. The molecule has 102 valence electrons. The van der Waals surface area contributed by atoms with E-state index in [0.29, 0.717) is 0 Å². The minimum atomic E-state index is 0.256. The summed E-state index contributed by atoms with van der Waals surface area (Å²) in [7, 11) is 2.12. The first-order chi connectivity index (χ1) is 8.90. The SMILES string of the molecule is CN(CC(C)(C)C)c1nc2ccccc2cc1CBr. The van der Waals surface area contributed by atoms with Crippen LogP contribution in [0.15, 0.2) is 30.3 Å². The Morgan fingerprint density at radius 1 is 1.21 bits per heavy atom. The van der Waals surface area contributed by atoms with Crippen LogP contribution in [0, 0.1) is 5.41 Å². The fraction of sp³-hybridized carbons (Fsp3) is 0.438. The van der Waals surface area contributed by atoms with Gasteiger partial charge in [-0.3, -0.25) is 0 Å². The van der Waals surface area contributed by atoms with Crippen LogP contribution in [0.3, 0.4) is 0 Å². The first-order valence-electron chi connectivity index (χ1n) is 6.56. The number of alkyl halides is 1. The van der Waals surface area contributed by atoms with Crippen molar-refractivity contribution in [3.05, 3.63) is 35.9 Å². The van der Waals surface area contributed by atoms with Crippen molar-refractivity contribution in [3.8, 4) is 0 Å².